The lowest BCUT2D eigenvalue weighted by atomic mass is 10.2. The summed E-state index contributed by atoms with van der Waals surface area (Å²) in [7, 11) is 0. The molecule has 0 atom stereocenters. The molecule has 0 spiro atoms. The summed E-state index contributed by atoms with van der Waals surface area (Å²) in [5, 5.41) is 0.532. The first kappa shape index (κ1) is 12.3. The van der Waals surface area contributed by atoms with Crippen LogP contribution in [0.15, 0.2) is 34.6 Å². The van der Waals surface area contributed by atoms with E-state index in [0.29, 0.717) is 15.6 Å². The van der Waals surface area contributed by atoms with Crippen molar-refractivity contribution in [3.8, 4) is 0 Å². The van der Waals surface area contributed by atoms with Crippen molar-refractivity contribution in [1.29, 1.82) is 0 Å². The summed E-state index contributed by atoms with van der Waals surface area (Å²) in [6, 6.07) is 3.24. The minimum atomic E-state index is -0.556. The van der Waals surface area contributed by atoms with E-state index in [1.807, 2.05) is 6.92 Å². The predicted octanol–water partition coefficient (Wildman–Crippen LogP) is 1.01. The number of carbonyl (C=O) groups excluding carboxylic acids is 1. The van der Waals surface area contributed by atoms with E-state index in [9.17, 15) is 4.79 Å². The minimum Gasteiger partial charge on any atom is -0.384 e. The SMILES string of the molecule is Cc1ccnc(Sc2cnc(N)cc2C(N)=O)n1. The first-order valence-corrected chi connectivity index (χ1v) is 5.91. The Balaban J connectivity index is 2.37. The van der Waals surface area contributed by atoms with Crippen LogP contribution in [-0.2, 0) is 0 Å². The fraction of sp³-hybridized carbons (Fsp3) is 0.0909. The van der Waals surface area contributed by atoms with Crippen molar-refractivity contribution in [1.82, 2.24) is 15.0 Å². The van der Waals surface area contributed by atoms with Crippen LogP contribution >= 0.6 is 11.8 Å². The van der Waals surface area contributed by atoms with Gasteiger partial charge in [-0.05, 0) is 30.8 Å². The topological polar surface area (TPSA) is 108 Å². The summed E-state index contributed by atoms with van der Waals surface area (Å²) in [5.74, 6) is -0.308. The molecule has 92 valence electrons. The number of pyridine rings is 1. The minimum absolute atomic E-state index is 0.248. The van der Waals surface area contributed by atoms with Gasteiger partial charge in [0.05, 0.1) is 5.56 Å². The zero-order valence-electron chi connectivity index (χ0n) is 9.62. The van der Waals surface area contributed by atoms with Crippen LogP contribution < -0.4 is 11.5 Å². The van der Waals surface area contributed by atoms with E-state index in [0.717, 1.165) is 5.69 Å². The molecule has 1 amide bonds. The van der Waals surface area contributed by atoms with Crippen molar-refractivity contribution in [2.75, 3.05) is 5.73 Å². The maximum Gasteiger partial charge on any atom is 0.250 e. The van der Waals surface area contributed by atoms with Crippen LogP contribution in [0.25, 0.3) is 0 Å². The number of anilines is 1. The molecule has 0 saturated heterocycles. The van der Waals surface area contributed by atoms with Crippen molar-refractivity contribution >= 4 is 23.5 Å². The number of aromatic nitrogens is 3. The first-order valence-electron chi connectivity index (χ1n) is 5.09. The second kappa shape index (κ2) is 5.01. The van der Waals surface area contributed by atoms with E-state index in [1.54, 1.807) is 12.3 Å². The van der Waals surface area contributed by atoms with Gasteiger partial charge in [0.2, 0.25) is 5.91 Å². The Kier molecular flexibility index (Phi) is 3.42. The van der Waals surface area contributed by atoms with Crippen LogP contribution in [0.4, 0.5) is 5.82 Å². The van der Waals surface area contributed by atoms with Crippen molar-refractivity contribution in [3.05, 3.63) is 35.8 Å². The van der Waals surface area contributed by atoms with Gasteiger partial charge in [-0.3, -0.25) is 4.79 Å². The number of rotatable bonds is 3. The van der Waals surface area contributed by atoms with Gasteiger partial charge < -0.3 is 11.5 Å². The number of amides is 1. The van der Waals surface area contributed by atoms with Gasteiger partial charge >= 0.3 is 0 Å². The van der Waals surface area contributed by atoms with E-state index in [4.69, 9.17) is 11.5 Å². The third-order valence-electron chi connectivity index (χ3n) is 2.13. The Morgan fingerprint density at radius 2 is 2.17 bits per heavy atom. The highest BCUT2D eigenvalue weighted by Crippen LogP contribution is 2.27. The number of nitrogen functional groups attached to an aromatic ring is 1. The second-order valence-corrected chi connectivity index (χ2v) is 4.56. The average Bonchev–Trinajstić information content (AvgIpc) is 2.31. The van der Waals surface area contributed by atoms with Crippen molar-refractivity contribution < 1.29 is 4.79 Å². The summed E-state index contributed by atoms with van der Waals surface area (Å²) >= 11 is 1.22. The van der Waals surface area contributed by atoms with Gasteiger partial charge in [0.1, 0.15) is 5.82 Å². The molecule has 0 bridgehead atoms. The van der Waals surface area contributed by atoms with E-state index in [-0.39, 0.29) is 5.82 Å². The lowest BCUT2D eigenvalue weighted by molar-refractivity contribution is 0.0997. The van der Waals surface area contributed by atoms with Crippen LogP contribution in [0.1, 0.15) is 16.1 Å². The number of primary amides is 1. The third kappa shape index (κ3) is 2.75. The summed E-state index contributed by atoms with van der Waals surface area (Å²) in [6.45, 7) is 1.86. The molecule has 2 aromatic heterocycles. The molecule has 2 aromatic rings. The lowest BCUT2D eigenvalue weighted by Crippen LogP contribution is -2.13. The Bertz CT molecular complexity index is 602. The molecule has 6 nitrogen and oxygen atoms in total. The van der Waals surface area contributed by atoms with Crippen LogP contribution in [-0.4, -0.2) is 20.9 Å². The quantitative estimate of drug-likeness (QED) is 0.798. The highest BCUT2D eigenvalue weighted by atomic mass is 32.2. The maximum absolute atomic E-state index is 11.3. The Morgan fingerprint density at radius 1 is 1.39 bits per heavy atom. The van der Waals surface area contributed by atoms with Crippen molar-refractivity contribution in [2.24, 2.45) is 5.73 Å². The Labute approximate surface area is 108 Å². The lowest BCUT2D eigenvalue weighted by Gasteiger charge is -2.05. The fourth-order valence-corrected chi connectivity index (χ4v) is 2.18. The Hall–Kier alpha value is -2.15. The van der Waals surface area contributed by atoms with Crippen molar-refractivity contribution in [2.45, 2.75) is 17.0 Å². The molecule has 18 heavy (non-hydrogen) atoms. The Morgan fingerprint density at radius 3 is 2.83 bits per heavy atom. The van der Waals surface area contributed by atoms with Crippen LogP contribution in [0.5, 0.6) is 0 Å². The van der Waals surface area contributed by atoms with Crippen LogP contribution in [0.2, 0.25) is 0 Å². The van der Waals surface area contributed by atoms with Gasteiger partial charge in [-0.2, -0.15) is 0 Å². The number of nitrogens with two attached hydrogens (primary N) is 2. The summed E-state index contributed by atoms with van der Waals surface area (Å²) < 4.78 is 0. The number of hydrogen-bond acceptors (Lipinski definition) is 6. The third-order valence-corrected chi connectivity index (χ3v) is 3.05. The molecular formula is C11H11N5OS. The number of aryl methyl sites for hydroxylation is 1. The highest BCUT2D eigenvalue weighted by molar-refractivity contribution is 7.99. The maximum atomic E-state index is 11.3. The zero-order valence-corrected chi connectivity index (χ0v) is 10.4. The number of nitrogens with zero attached hydrogens (tertiary/aromatic N) is 3. The van der Waals surface area contributed by atoms with E-state index in [2.05, 4.69) is 15.0 Å². The van der Waals surface area contributed by atoms with E-state index >= 15 is 0 Å². The summed E-state index contributed by atoms with van der Waals surface area (Å²) in [6.07, 6.45) is 3.14. The van der Waals surface area contributed by atoms with Gasteiger partial charge in [0.25, 0.3) is 0 Å². The summed E-state index contributed by atoms with van der Waals surface area (Å²) in [5.41, 5.74) is 12.0. The molecule has 7 heteroatoms. The molecule has 0 aliphatic carbocycles. The number of carbonyl (C=O) groups is 1. The number of hydrogen-bond donors (Lipinski definition) is 2. The first-order chi connectivity index (χ1) is 8.56. The fourth-order valence-electron chi connectivity index (χ4n) is 1.31. The van der Waals surface area contributed by atoms with Gasteiger partial charge in [-0.1, -0.05) is 0 Å². The molecule has 0 aliphatic heterocycles. The monoisotopic (exact) mass is 261 g/mol. The van der Waals surface area contributed by atoms with Gasteiger partial charge in [-0.15, -0.1) is 0 Å². The molecule has 2 heterocycles. The second-order valence-electron chi connectivity index (χ2n) is 3.55. The molecule has 0 radical (unpaired) electrons. The zero-order chi connectivity index (χ0) is 13.1. The highest BCUT2D eigenvalue weighted by Gasteiger charge is 2.12. The largest absolute Gasteiger partial charge is 0.384 e. The van der Waals surface area contributed by atoms with Crippen molar-refractivity contribution in [3.63, 3.8) is 0 Å². The van der Waals surface area contributed by atoms with Gasteiger partial charge in [0.15, 0.2) is 5.16 Å². The van der Waals surface area contributed by atoms with E-state index in [1.165, 1.54) is 24.0 Å². The normalized spacial score (nSPS) is 10.3. The van der Waals surface area contributed by atoms with Crippen LogP contribution in [0.3, 0.4) is 0 Å². The molecule has 0 fully saturated rings. The molecule has 0 aliphatic rings. The van der Waals surface area contributed by atoms with Gasteiger partial charge in [0, 0.05) is 23.0 Å². The molecule has 0 saturated carbocycles. The standard InChI is InChI=1S/C11H11N5OS/c1-6-2-3-14-11(16-6)18-8-5-15-9(12)4-7(8)10(13)17/h2-5H,1H3,(H2,12,15)(H2,13,17). The molecular weight excluding hydrogens is 250 g/mol. The van der Waals surface area contributed by atoms with Gasteiger partial charge in [-0.25, -0.2) is 15.0 Å². The molecule has 4 N–H and O–H groups in total. The van der Waals surface area contributed by atoms with Crippen LogP contribution in [0, 0.1) is 6.92 Å². The predicted molar refractivity (Wildman–Crippen MR) is 68.1 cm³/mol. The molecule has 0 unspecified atom stereocenters. The summed E-state index contributed by atoms with van der Waals surface area (Å²) in [4.78, 5) is 24.2. The smallest absolute Gasteiger partial charge is 0.250 e. The molecule has 2 rings (SSSR count). The average molecular weight is 261 g/mol. The van der Waals surface area contributed by atoms with E-state index < -0.39 is 5.91 Å². The molecule has 0 aromatic carbocycles.